The molecule has 90 valence electrons. The van der Waals surface area contributed by atoms with Gasteiger partial charge in [-0.3, -0.25) is 0 Å². The van der Waals surface area contributed by atoms with E-state index in [9.17, 15) is 13.0 Å². The third kappa shape index (κ3) is 3.13. The van der Waals surface area contributed by atoms with E-state index in [-0.39, 0.29) is 56.3 Å². The van der Waals surface area contributed by atoms with Gasteiger partial charge in [0.2, 0.25) is 0 Å². The molecule has 0 fully saturated rings. The summed E-state index contributed by atoms with van der Waals surface area (Å²) in [6.07, 6.45) is 0. The molecule has 0 saturated carbocycles. The molecule has 0 aliphatic carbocycles. The Morgan fingerprint density at radius 3 is 2.11 bits per heavy atom. The smallest absolute Gasteiger partial charge is 0.744 e. The molecule has 0 amide bonds. The maximum atomic E-state index is 11.2. The van der Waals surface area contributed by atoms with Crippen molar-refractivity contribution in [2.75, 3.05) is 19.0 Å². The minimum Gasteiger partial charge on any atom is -0.744 e. The van der Waals surface area contributed by atoms with Gasteiger partial charge in [-0.05, 0) is 12.1 Å². The molecular formula is C12H12KNO3S. The quantitative estimate of drug-likeness (QED) is 0.515. The number of hydrogen-bond acceptors (Lipinski definition) is 4. The van der Waals surface area contributed by atoms with E-state index in [1.165, 1.54) is 6.07 Å². The van der Waals surface area contributed by atoms with Gasteiger partial charge >= 0.3 is 51.4 Å². The zero-order valence-corrected chi connectivity index (χ0v) is 14.5. The first kappa shape index (κ1) is 16.1. The van der Waals surface area contributed by atoms with Gasteiger partial charge in [-0.25, -0.2) is 8.42 Å². The van der Waals surface area contributed by atoms with E-state index in [1.54, 1.807) is 24.3 Å². The van der Waals surface area contributed by atoms with E-state index in [2.05, 4.69) is 0 Å². The molecule has 6 heteroatoms. The Bertz CT molecular complexity index is 668. The van der Waals surface area contributed by atoms with Crippen LogP contribution >= 0.6 is 0 Å². The van der Waals surface area contributed by atoms with Crippen LogP contribution in [0.15, 0.2) is 41.3 Å². The second-order valence-corrected chi connectivity index (χ2v) is 5.33. The first-order valence-corrected chi connectivity index (χ1v) is 6.47. The molecule has 0 aliphatic heterocycles. The summed E-state index contributed by atoms with van der Waals surface area (Å²) in [7, 11) is -0.704. The van der Waals surface area contributed by atoms with Crippen LogP contribution < -0.4 is 56.3 Å². The number of hydrogen-bond donors (Lipinski definition) is 0. The van der Waals surface area contributed by atoms with Crippen molar-refractivity contribution in [1.82, 2.24) is 0 Å². The molecule has 0 bridgehead atoms. The molecule has 18 heavy (non-hydrogen) atoms. The van der Waals surface area contributed by atoms with Gasteiger partial charge in [-0.15, -0.1) is 0 Å². The largest absolute Gasteiger partial charge is 1.00 e. The van der Waals surface area contributed by atoms with E-state index in [4.69, 9.17) is 0 Å². The number of rotatable bonds is 2. The van der Waals surface area contributed by atoms with Gasteiger partial charge in [0.25, 0.3) is 0 Å². The minimum absolute atomic E-state index is 0. The molecule has 2 rings (SSSR count). The van der Waals surface area contributed by atoms with Crippen LogP contribution in [-0.2, 0) is 10.1 Å². The van der Waals surface area contributed by atoms with E-state index < -0.39 is 10.1 Å². The average molecular weight is 289 g/mol. The van der Waals surface area contributed by atoms with Crippen LogP contribution in [0.1, 0.15) is 0 Å². The Hall–Kier alpha value is 0.0464. The van der Waals surface area contributed by atoms with Crippen molar-refractivity contribution in [3.05, 3.63) is 36.4 Å². The Kier molecular flexibility index (Phi) is 5.37. The molecule has 0 spiro atoms. The van der Waals surface area contributed by atoms with Gasteiger partial charge in [0, 0.05) is 30.6 Å². The van der Waals surface area contributed by atoms with Crippen molar-refractivity contribution in [3.63, 3.8) is 0 Å². The van der Waals surface area contributed by atoms with E-state index in [1.807, 2.05) is 25.1 Å². The summed E-state index contributed by atoms with van der Waals surface area (Å²) in [4.78, 5) is 1.71. The van der Waals surface area contributed by atoms with Gasteiger partial charge in [0.1, 0.15) is 10.1 Å². The summed E-state index contributed by atoms with van der Waals surface area (Å²) < 4.78 is 33.5. The molecule has 0 aliphatic rings. The van der Waals surface area contributed by atoms with Gasteiger partial charge < -0.3 is 9.45 Å². The fourth-order valence-corrected chi connectivity index (χ4v) is 2.57. The SMILES string of the molecule is CN(C)c1cccc2c(S(=O)(=O)[O-])cccc12.[K+]. The molecule has 0 unspecified atom stereocenters. The Morgan fingerprint density at radius 2 is 1.56 bits per heavy atom. The molecule has 0 N–H and O–H groups in total. The molecule has 2 aromatic rings. The van der Waals surface area contributed by atoms with E-state index in [0.717, 1.165) is 11.1 Å². The third-order valence-electron chi connectivity index (χ3n) is 2.61. The zero-order chi connectivity index (χ0) is 12.6. The van der Waals surface area contributed by atoms with Gasteiger partial charge in [0.15, 0.2) is 0 Å². The van der Waals surface area contributed by atoms with E-state index in [0.29, 0.717) is 5.39 Å². The van der Waals surface area contributed by atoms with Crippen LogP contribution in [0, 0.1) is 0 Å². The van der Waals surface area contributed by atoms with E-state index >= 15 is 0 Å². The molecule has 0 saturated heterocycles. The average Bonchev–Trinajstić information content (AvgIpc) is 2.26. The van der Waals surface area contributed by atoms with Crippen molar-refractivity contribution in [3.8, 4) is 0 Å². The number of fused-ring (bicyclic) bond motifs is 1. The molecule has 0 aromatic heterocycles. The first-order chi connectivity index (χ1) is 7.91. The summed E-state index contributed by atoms with van der Waals surface area (Å²) in [6.45, 7) is 0. The van der Waals surface area contributed by atoms with Crippen molar-refractivity contribution >= 4 is 26.6 Å². The monoisotopic (exact) mass is 289 g/mol. The maximum Gasteiger partial charge on any atom is 1.00 e. The van der Waals surface area contributed by atoms with Crippen LogP contribution in [0.4, 0.5) is 5.69 Å². The Labute approximate surface area is 149 Å². The van der Waals surface area contributed by atoms with Crippen molar-refractivity contribution in [1.29, 1.82) is 0 Å². The molecule has 0 radical (unpaired) electrons. The molecule has 0 heterocycles. The summed E-state index contributed by atoms with van der Waals surface area (Å²) in [5.41, 5.74) is 0.882. The standard InChI is InChI=1S/C12H13NO3S.K/c1-13(2)11-7-3-6-10-9(11)5-4-8-12(10)17(14,15)16;/h3-8H,1-2H3,(H,14,15,16);/q;+1/p-1. The third-order valence-corrected chi connectivity index (χ3v) is 3.50. The van der Waals surface area contributed by atoms with Crippen molar-refractivity contribution in [2.24, 2.45) is 0 Å². The summed E-state index contributed by atoms with van der Waals surface area (Å²) in [6, 6.07) is 9.99. The summed E-state index contributed by atoms with van der Waals surface area (Å²) in [5.74, 6) is 0. The van der Waals surface area contributed by atoms with Gasteiger partial charge in [0.05, 0.1) is 4.90 Å². The molecule has 0 atom stereocenters. The van der Waals surface area contributed by atoms with Crippen LogP contribution in [0.2, 0.25) is 0 Å². The zero-order valence-electron chi connectivity index (χ0n) is 10.5. The Morgan fingerprint density at radius 1 is 1.00 bits per heavy atom. The van der Waals surface area contributed by atoms with Crippen LogP contribution in [-0.4, -0.2) is 27.1 Å². The molecular weight excluding hydrogens is 277 g/mol. The normalized spacial score (nSPS) is 11.1. The minimum atomic E-state index is -4.44. The van der Waals surface area contributed by atoms with Crippen LogP contribution in [0.25, 0.3) is 10.8 Å². The predicted octanol–water partition coefficient (Wildman–Crippen LogP) is -1.19. The molecule has 2 aromatic carbocycles. The maximum absolute atomic E-state index is 11.2. The second kappa shape index (κ2) is 6.00. The first-order valence-electron chi connectivity index (χ1n) is 5.06. The van der Waals surface area contributed by atoms with Crippen LogP contribution in [0.3, 0.4) is 0 Å². The topological polar surface area (TPSA) is 60.4 Å². The van der Waals surface area contributed by atoms with Gasteiger partial charge in [-0.1, -0.05) is 24.3 Å². The number of anilines is 1. The predicted molar refractivity (Wildman–Crippen MR) is 66.2 cm³/mol. The van der Waals surface area contributed by atoms with Crippen molar-refractivity contribution < 1.29 is 64.4 Å². The second-order valence-electron chi connectivity index (χ2n) is 3.98. The fourth-order valence-electron chi connectivity index (χ4n) is 1.87. The van der Waals surface area contributed by atoms with Crippen LogP contribution in [0.5, 0.6) is 0 Å². The fraction of sp³-hybridized carbons (Fsp3) is 0.167. The summed E-state index contributed by atoms with van der Waals surface area (Å²) in [5, 5.41) is 1.23. The number of benzene rings is 2. The van der Waals surface area contributed by atoms with Crippen molar-refractivity contribution in [2.45, 2.75) is 4.90 Å². The number of nitrogens with zero attached hydrogens (tertiary/aromatic N) is 1. The van der Waals surface area contributed by atoms with Gasteiger partial charge in [-0.2, -0.15) is 0 Å². The molecule has 4 nitrogen and oxygen atoms in total. The Balaban J connectivity index is 0.00000162. The summed E-state index contributed by atoms with van der Waals surface area (Å²) >= 11 is 0.